The van der Waals surface area contributed by atoms with Gasteiger partial charge in [-0.05, 0) is 25.1 Å². The molecule has 2 aromatic rings. The van der Waals surface area contributed by atoms with E-state index in [2.05, 4.69) is 5.10 Å². The Bertz CT molecular complexity index is 591. The average molecular weight is 251 g/mol. The minimum atomic E-state index is -0.374. The fourth-order valence-electron chi connectivity index (χ4n) is 1.50. The lowest BCUT2D eigenvalue weighted by Gasteiger charge is -2.05. The van der Waals surface area contributed by atoms with Crippen molar-refractivity contribution in [2.75, 3.05) is 11.5 Å². The van der Waals surface area contributed by atoms with Crippen molar-refractivity contribution in [3.63, 3.8) is 0 Å². The molecule has 0 aliphatic heterocycles. The summed E-state index contributed by atoms with van der Waals surface area (Å²) in [6.45, 7) is 1.75. The van der Waals surface area contributed by atoms with Crippen molar-refractivity contribution in [1.29, 1.82) is 0 Å². The fourth-order valence-corrected chi connectivity index (χ4v) is 1.77. The van der Waals surface area contributed by atoms with E-state index >= 15 is 0 Å². The molecule has 0 atom stereocenters. The summed E-state index contributed by atoms with van der Waals surface area (Å²) in [6, 6.07) is 6.28. The number of carbonyl (C=O) groups excluding carboxylic acids is 1. The Morgan fingerprint density at radius 2 is 2.06 bits per heavy atom. The van der Waals surface area contributed by atoms with Crippen molar-refractivity contribution in [3.05, 3.63) is 40.5 Å². The van der Waals surface area contributed by atoms with Gasteiger partial charge in [-0.25, -0.2) is 0 Å². The predicted octanol–water partition coefficient (Wildman–Crippen LogP) is 1.70. The van der Waals surface area contributed by atoms with Crippen LogP contribution in [0.3, 0.4) is 0 Å². The van der Waals surface area contributed by atoms with Crippen LogP contribution < -0.4 is 11.5 Å². The molecule has 2 rings (SSSR count). The third kappa shape index (κ3) is 2.09. The van der Waals surface area contributed by atoms with Crippen molar-refractivity contribution < 1.29 is 4.79 Å². The van der Waals surface area contributed by atoms with Crippen molar-refractivity contribution in [2.45, 2.75) is 6.92 Å². The molecule has 0 unspecified atom stereocenters. The van der Waals surface area contributed by atoms with E-state index in [1.165, 1.54) is 6.07 Å². The molecule has 0 fully saturated rings. The monoisotopic (exact) mass is 250 g/mol. The SMILES string of the molecule is Cc1cc(N)n(C(=O)c2ccc(N)cc2Cl)n1. The van der Waals surface area contributed by atoms with Gasteiger partial charge in [-0.2, -0.15) is 9.78 Å². The van der Waals surface area contributed by atoms with Gasteiger partial charge >= 0.3 is 0 Å². The summed E-state index contributed by atoms with van der Waals surface area (Å²) in [6.07, 6.45) is 0. The zero-order valence-corrected chi connectivity index (χ0v) is 9.90. The highest BCUT2D eigenvalue weighted by molar-refractivity contribution is 6.34. The molecule has 0 bridgehead atoms. The summed E-state index contributed by atoms with van der Waals surface area (Å²) >= 11 is 5.95. The maximum absolute atomic E-state index is 12.1. The van der Waals surface area contributed by atoms with Crippen LogP contribution in [0.1, 0.15) is 16.1 Å². The van der Waals surface area contributed by atoms with Crippen LogP contribution in [0, 0.1) is 6.92 Å². The first-order valence-electron chi connectivity index (χ1n) is 4.91. The van der Waals surface area contributed by atoms with E-state index in [0.717, 1.165) is 4.68 Å². The summed E-state index contributed by atoms with van der Waals surface area (Å²) in [5.41, 5.74) is 12.7. The Kier molecular flexibility index (Phi) is 2.77. The third-order valence-electron chi connectivity index (χ3n) is 2.27. The van der Waals surface area contributed by atoms with Gasteiger partial charge in [0.25, 0.3) is 5.91 Å². The molecule has 0 spiro atoms. The quantitative estimate of drug-likeness (QED) is 0.754. The third-order valence-corrected chi connectivity index (χ3v) is 2.59. The van der Waals surface area contributed by atoms with Gasteiger partial charge in [-0.15, -0.1) is 0 Å². The molecule has 1 heterocycles. The lowest BCUT2D eigenvalue weighted by Crippen LogP contribution is -2.16. The number of hydrogen-bond acceptors (Lipinski definition) is 4. The minimum Gasteiger partial charge on any atom is -0.399 e. The molecule has 6 heteroatoms. The van der Waals surface area contributed by atoms with Crippen LogP contribution in [0.15, 0.2) is 24.3 Å². The number of nitrogens with two attached hydrogens (primary N) is 2. The first-order chi connectivity index (χ1) is 7.99. The summed E-state index contributed by atoms with van der Waals surface area (Å²) in [5, 5.41) is 4.28. The summed E-state index contributed by atoms with van der Waals surface area (Å²) in [4.78, 5) is 12.1. The van der Waals surface area contributed by atoms with Gasteiger partial charge in [0.2, 0.25) is 0 Å². The molecule has 88 valence electrons. The molecule has 0 aliphatic rings. The number of anilines is 2. The number of aromatic nitrogens is 2. The molecule has 1 aromatic heterocycles. The number of rotatable bonds is 1. The number of benzene rings is 1. The van der Waals surface area contributed by atoms with Crippen LogP contribution in [0.4, 0.5) is 11.5 Å². The molecule has 1 aromatic carbocycles. The topological polar surface area (TPSA) is 86.9 Å². The highest BCUT2D eigenvalue weighted by Crippen LogP contribution is 2.21. The first-order valence-corrected chi connectivity index (χ1v) is 5.28. The molecule has 0 amide bonds. The van der Waals surface area contributed by atoms with E-state index in [4.69, 9.17) is 23.1 Å². The number of aryl methyl sites for hydroxylation is 1. The Morgan fingerprint density at radius 1 is 1.35 bits per heavy atom. The van der Waals surface area contributed by atoms with Gasteiger partial charge in [-0.3, -0.25) is 4.79 Å². The van der Waals surface area contributed by atoms with Gasteiger partial charge in [0.15, 0.2) is 0 Å². The highest BCUT2D eigenvalue weighted by Gasteiger charge is 2.16. The van der Waals surface area contributed by atoms with Gasteiger partial charge in [0.05, 0.1) is 16.3 Å². The second-order valence-corrected chi connectivity index (χ2v) is 4.07. The molecule has 4 N–H and O–H groups in total. The lowest BCUT2D eigenvalue weighted by atomic mass is 10.2. The molecule has 5 nitrogen and oxygen atoms in total. The number of nitrogen functional groups attached to an aromatic ring is 2. The van der Waals surface area contributed by atoms with E-state index in [9.17, 15) is 4.79 Å². The Balaban J connectivity index is 2.47. The molecule has 0 saturated carbocycles. The van der Waals surface area contributed by atoms with Gasteiger partial charge in [0.1, 0.15) is 5.82 Å². The second kappa shape index (κ2) is 4.10. The van der Waals surface area contributed by atoms with Crippen LogP contribution in [-0.4, -0.2) is 15.7 Å². The van der Waals surface area contributed by atoms with Crippen LogP contribution in [0.2, 0.25) is 5.02 Å². The van der Waals surface area contributed by atoms with E-state index < -0.39 is 0 Å². The maximum atomic E-state index is 12.1. The average Bonchev–Trinajstić information content (AvgIpc) is 2.57. The molecular weight excluding hydrogens is 240 g/mol. The Hall–Kier alpha value is -2.01. The van der Waals surface area contributed by atoms with Crippen LogP contribution in [0.5, 0.6) is 0 Å². The summed E-state index contributed by atoms with van der Waals surface area (Å²) in [7, 11) is 0. The van der Waals surface area contributed by atoms with E-state index in [1.54, 1.807) is 25.1 Å². The first kappa shape index (κ1) is 11.5. The van der Waals surface area contributed by atoms with E-state index in [0.29, 0.717) is 16.9 Å². The van der Waals surface area contributed by atoms with Crippen molar-refractivity contribution >= 4 is 29.0 Å². The normalized spacial score (nSPS) is 10.5. The largest absolute Gasteiger partial charge is 0.399 e. The number of halogens is 1. The maximum Gasteiger partial charge on any atom is 0.281 e. The predicted molar refractivity (Wildman–Crippen MR) is 67.0 cm³/mol. The molecular formula is C11H11ClN4O. The van der Waals surface area contributed by atoms with Crippen molar-refractivity contribution in [2.24, 2.45) is 0 Å². The summed E-state index contributed by atoms with van der Waals surface area (Å²) < 4.78 is 1.12. The van der Waals surface area contributed by atoms with E-state index in [1.807, 2.05) is 0 Å². The van der Waals surface area contributed by atoms with Gasteiger partial charge < -0.3 is 11.5 Å². The fraction of sp³-hybridized carbons (Fsp3) is 0.0909. The van der Waals surface area contributed by atoms with Crippen LogP contribution in [-0.2, 0) is 0 Å². The molecule has 0 saturated heterocycles. The second-order valence-electron chi connectivity index (χ2n) is 3.67. The summed E-state index contributed by atoms with van der Waals surface area (Å²) in [5.74, 6) is -0.0963. The zero-order chi connectivity index (χ0) is 12.6. The highest BCUT2D eigenvalue weighted by atomic mass is 35.5. The Labute approximate surface area is 103 Å². The van der Waals surface area contributed by atoms with Crippen LogP contribution >= 0.6 is 11.6 Å². The van der Waals surface area contributed by atoms with Crippen molar-refractivity contribution in [3.8, 4) is 0 Å². The van der Waals surface area contributed by atoms with Gasteiger partial charge in [0, 0.05) is 11.8 Å². The smallest absolute Gasteiger partial charge is 0.281 e. The van der Waals surface area contributed by atoms with Crippen molar-refractivity contribution in [1.82, 2.24) is 9.78 Å². The van der Waals surface area contributed by atoms with Crippen LogP contribution in [0.25, 0.3) is 0 Å². The standard InChI is InChI=1S/C11H11ClN4O/c1-6-4-10(14)16(15-6)11(17)8-3-2-7(13)5-9(8)12/h2-5H,13-14H2,1H3. The van der Waals surface area contributed by atoms with Gasteiger partial charge in [-0.1, -0.05) is 11.6 Å². The Morgan fingerprint density at radius 3 is 2.59 bits per heavy atom. The minimum absolute atomic E-state index is 0.278. The molecule has 17 heavy (non-hydrogen) atoms. The number of nitrogens with zero attached hydrogens (tertiary/aromatic N) is 2. The number of carbonyl (C=O) groups is 1. The van der Waals surface area contributed by atoms with E-state index in [-0.39, 0.29) is 16.7 Å². The molecule has 0 radical (unpaired) electrons. The number of hydrogen-bond donors (Lipinski definition) is 2. The lowest BCUT2D eigenvalue weighted by molar-refractivity contribution is 0.0948. The zero-order valence-electron chi connectivity index (χ0n) is 9.14. The molecule has 0 aliphatic carbocycles.